The highest BCUT2D eigenvalue weighted by molar-refractivity contribution is 5.94. The van der Waals surface area contributed by atoms with Gasteiger partial charge in [-0.25, -0.2) is 0 Å². The van der Waals surface area contributed by atoms with Gasteiger partial charge in [0.25, 0.3) is 0 Å². The van der Waals surface area contributed by atoms with E-state index in [0.717, 1.165) is 24.9 Å². The summed E-state index contributed by atoms with van der Waals surface area (Å²) in [4.78, 5) is 11.5. The lowest BCUT2D eigenvalue weighted by Crippen LogP contribution is -2.14. The molecule has 0 bridgehead atoms. The van der Waals surface area contributed by atoms with E-state index >= 15 is 0 Å². The Balaban J connectivity index is 2.10. The van der Waals surface area contributed by atoms with Crippen molar-refractivity contribution in [3.8, 4) is 0 Å². The number of aryl methyl sites for hydroxylation is 1. The first-order valence-electron chi connectivity index (χ1n) is 5.20. The maximum Gasteiger partial charge on any atom is 0.227 e. The molecule has 1 aromatic rings. The highest BCUT2D eigenvalue weighted by Gasteiger charge is 2.29. The van der Waals surface area contributed by atoms with Gasteiger partial charge in [0, 0.05) is 11.6 Å². The third kappa shape index (κ3) is 1.95. The summed E-state index contributed by atoms with van der Waals surface area (Å²) in [6, 6.07) is 7.99. The number of rotatable bonds is 3. The summed E-state index contributed by atoms with van der Waals surface area (Å²) < 4.78 is 0. The van der Waals surface area contributed by atoms with Crippen LogP contribution in [0.4, 0.5) is 5.69 Å². The molecule has 0 spiro atoms. The van der Waals surface area contributed by atoms with Gasteiger partial charge in [-0.1, -0.05) is 25.1 Å². The molecule has 1 saturated carbocycles. The van der Waals surface area contributed by atoms with Crippen LogP contribution in [0.25, 0.3) is 0 Å². The van der Waals surface area contributed by atoms with Gasteiger partial charge in [-0.15, -0.1) is 0 Å². The van der Waals surface area contributed by atoms with Gasteiger partial charge in [-0.3, -0.25) is 4.79 Å². The predicted molar refractivity (Wildman–Crippen MR) is 57.2 cm³/mol. The molecule has 0 atom stereocenters. The summed E-state index contributed by atoms with van der Waals surface area (Å²) in [5, 5.41) is 2.98. The maximum atomic E-state index is 11.5. The first kappa shape index (κ1) is 9.25. The average Bonchev–Trinajstić information content (AvgIpc) is 3.02. The predicted octanol–water partition coefficient (Wildman–Crippen LogP) is 2.60. The van der Waals surface area contributed by atoms with Gasteiger partial charge in [-0.2, -0.15) is 0 Å². The Morgan fingerprint density at radius 1 is 1.43 bits per heavy atom. The van der Waals surface area contributed by atoms with Gasteiger partial charge < -0.3 is 5.32 Å². The van der Waals surface area contributed by atoms with Crippen molar-refractivity contribution in [2.24, 2.45) is 5.92 Å². The van der Waals surface area contributed by atoms with Crippen LogP contribution >= 0.6 is 0 Å². The summed E-state index contributed by atoms with van der Waals surface area (Å²) in [7, 11) is 0. The van der Waals surface area contributed by atoms with Crippen LogP contribution in [0.5, 0.6) is 0 Å². The molecular formula is C12H15NO. The minimum absolute atomic E-state index is 0.186. The Kier molecular flexibility index (Phi) is 2.53. The van der Waals surface area contributed by atoms with Crippen LogP contribution < -0.4 is 5.32 Å². The fourth-order valence-corrected chi connectivity index (χ4v) is 1.53. The van der Waals surface area contributed by atoms with E-state index in [1.807, 2.05) is 18.2 Å². The molecule has 74 valence electrons. The molecular weight excluding hydrogens is 174 g/mol. The topological polar surface area (TPSA) is 29.1 Å². The second-order valence-electron chi connectivity index (χ2n) is 3.77. The van der Waals surface area contributed by atoms with Crippen LogP contribution in [0.3, 0.4) is 0 Å². The molecule has 2 heteroatoms. The standard InChI is InChI=1S/C12H15NO/c1-2-9-5-3-4-6-11(9)13-12(14)10-7-8-10/h3-6,10H,2,7-8H2,1H3,(H,13,14). The largest absolute Gasteiger partial charge is 0.326 e. The Morgan fingerprint density at radius 3 is 2.79 bits per heavy atom. The summed E-state index contributed by atoms with van der Waals surface area (Å²) >= 11 is 0. The van der Waals surface area contributed by atoms with E-state index in [1.165, 1.54) is 5.56 Å². The van der Waals surface area contributed by atoms with Gasteiger partial charge >= 0.3 is 0 Å². The lowest BCUT2D eigenvalue weighted by atomic mass is 10.1. The molecule has 0 saturated heterocycles. The number of hydrogen-bond acceptors (Lipinski definition) is 1. The molecule has 14 heavy (non-hydrogen) atoms. The zero-order valence-electron chi connectivity index (χ0n) is 8.42. The fourth-order valence-electron chi connectivity index (χ4n) is 1.53. The first-order valence-corrected chi connectivity index (χ1v) is 5.20. The Labute approximate surface area is 84.3 Å². The minimum Gasteiger partial charge on any atom is -0.326 e. The lowest BCUT2D eigenvalue weighted by Gasteiger charge is -2.08. The van der Waals surface area contributed by atoms with Crippen LogP contribution in [0.15, 0.2) is 24.3 Å². The summed E-state index contributed by atoms with van der Waals surface area (Å²) in [5.74, 6) is 0.464. The van der Waals surface area contributed by atoms with Crippen molar-refractivity contribution in [3.63, 3.8) is 0 Å². The van der Waals surface area contributed by atoms with E-state index in [1.54, 1.807) is 0 Å². The zero-order chi connectivity index (χ0) is 9.97. The molecule has 1 aliphatic carbocycles. The van der Waals surface area contributed by atoms with Crippen LogP contribution in [0, 0.1) is 5.92 Å². The molecule has 2 nitrogen and oxygen atoms in total. The van der Waals surface area contributed by atoms with Crippen molar-refractivity contribution < 1.29 is 4.79 Å². The lowest BCUT2D eigenvalue weighted by molar-refractivity contribution is -0.117. The molecule has 0 radical (unpaired) electrons. The second-order valence-corrected chi connectivity index (χ2v) is 3.77. The summed E-state index contributed by atoms with van der Waals surface area (Å²) in [6.45, 7) is 2.10. The number of carbonyl (C=O) groups is 1. The molecule has 0 unspecified atom stereocenters. The van der Waals surface area contributed by atoms with Gasteiger partial charge in [-0.05, 0) is 30.9 Å². The van der Waals surface area contributed by atoms with E-state index in [2.05, 4.69) is 18.3 Å². The molecule has 0 aromatic heterocycles. The maximum absolute atomic E-state index is 11.5. The van der Waals surface area contributed by atoms with Gasteiger partial charge in [0.15, 0.2) is 0 Å². The van der Waals surface area contributed by atoms with Crippen LogP contribution in [-0.4, -0.2) is 5.91 Å². The quantitative estimate of drug-likeness (QED) is 0.778. The van der Waals surface area contributed by atoms with Crippen molar-refractivity contribution >= 4 is 11.6 Å². The number of amides is 1. The summed E-state index contributed by atoms with van der Waals surface area (Å²) in [6.07, 6.45) is 3.07. The van der Waals surface area contributed by atoms with E-state index in [0.29, 0.717) is 0 Å². The molecule has 1 aromatic carbocycles. The Hall–Kier alpha value is -1.31. The Bertz CT molecular complexity index is 342. The third-order valence-corrected chi connectivity index (χ3v) is 2.60. The molecule has 2 rings (SSSR count). The smallest absolute Gasteiger partial charge is 0.227 e. The number of anilines is 1. The fraction of sp³-hybridized carbons (Fsp3) is 0.417. The highest BCUT2D eigenvalue weighted by Crippen LogP contribution is 2.30. The van der Waals surface area contributed by atoms with E-state index in [9.17, 15) is 4.79 Å². The average molecular weight is 189 g/mol. The van der Waals surface area contributed by atoms with Gasteiger partial charge in [0.2, 0.25) is 5.91 Å². The van der Waals surface area contributed by atoms with Crippen LogP contribution in [0.2, 0.25) is 0 Å². The molecule has 0 heterocycles. The monoisotopic (exact) mass is 189 g/mol. The van der Waals surface area contributed by atoms with E-state index in [4.69, 9.17) is 0 Å². The number of benzene rings is 1. The number of hydrogen-bond donors (Lipinski definition) is 1. The number of nitrogens with one attached hydrogen (secondary N) is 1. The Morgan fingerprint density at radius 2 is 2.14 bits per heavy atom. The van der Waals surface area contributed by atoms with E-state index < -0.39 is 0 Å². The molecule has 1 N–H and O–H groups in total. The first-order chi connectivity index (χ1) is 6.81. The van der Waals surface area contributed by atoms with Crippen LogP contribution in [0.1, 0.15) is 25.3 Å². The van der Waals surface area contributed by atoms with Crippen molar-refractivity contribution in [1.29, 1.82) is 0 Å². The van der Waals surface area contributed by atoms with Gasteiger partial charge in [0.05, 0.1) is 0 Å². The third-order valence-electron chi connectivity index (χ3n) is 2.60. The molecule has 0 aliphatic heterocycles. The van der Waals surface area contributed by atoms with Crippen molar-refractivity contribution in [3.05, 3.63) is 29.8 Å². The molecule has 1 fully saturated rings. The number of para-hydroxylation sites is 1. The molecule has 1 aliphatic rings. The number of carbonyl (C=O) groups excluding carboxylic acids is 1. The van der Waals surface area contributed by atoms with Crippen molar-refractivity contribution in [2.75, 3.05) is 5.32 Å². The normalized spacial score (nSPS) is 15.2. The van der Waals surface area contributed by atoms with Crippen LogP contribution in [-0.2, 0) is 11.2 Å². The van der Waals surface area contributed by atoms with E-state index in [-0.39, 0.29) is 11.8 Å². The summed E-state index contributed by atoms with van der Waals surface area (Å²) in [5.41, 5.74) is 2.19. The molecule has 1 amide bonds. The highest BCUT2D eigenvalue weighted by atomic mass is 16.2. The van der Waals surface area contributed by atoms with Crippen molar-refractivity contribution in [1.82, 2.24) is 0 Å². The minimum atomic E-state index is 0.186. The SMILES string of the molecule is CCc1ccccc1NC(=O)C1CC1. The zero-order valence-corrected chi connectivity index (χ0v) is 8.42. The van der Waals surface area contributed by atoms with Crippen molar-refractivity contribution in [2.45, 2.75) is 26.2 Å². The second kappa shape index (κ2) is 3.82. The van der Waals surface area contributed by atoms with Gasteiger partial charge in [0.1, 0.15) is 0 Å².